The molecule has 5 rings (SSSR count). The first-order chi connectivity index (χ1) is 13.7. The van der Waals surface area contributed by atoms with Gasteiger partial charge in [-0.15, -0.1) is 0 Å². The van der Waals surface area contributed by atoms with Gasteiger partial charge in [0.25, 0.3) is 0 Å². The number of halogens is 1. The van der Waals surface area contributed by atoms with Crippen molar-refractivity contribution < 1.29 is 9.50 Å². The minimum Gasteiger partial charge on any atom is -0.494 e. The van der Waals surface area contributed by atoms with Gasteiger partial charge in [0.05, 0.1) is 23.0 Å². The lowest BCUT2D eigenvalue weighted by atomic mass is 10.0. The summed E-state index contributed by atoms with van der Waals surface area (Å²) < 4.78 is 16.4. The predicted molar refractivity (Wildman–Crippen MR) is 108 cm³/mol. The SMILES string of the molecule is Oc1c2cccnc2cn1Cc1ccc(-c2ccc3ncccc3c2)cc1F. The van der Waals surface area contributed by atoms with Crippen molar-refractivity contribution in [3.63, 3.8) is 0 Å². The van der Waals surface area contributed by atoms with Gasteiger partial charge in [0.15, 0.2) is 0 Å². The fourth-order valence-corrected chi connectivity index (χ4v) is 3.49. The van der Waals surface area contributed by atoms with Crippen molar-refractivity contribution in [2.24, 2.45) is 0 Å². The highest BCUT2D eigenvalue weighted by Crippen LogP contribution is 2.28. The van der Waals surface area contributed by atoms with Gasteiger partial charge in [-0.1, -0.05) is 24.3 Å². The Morgan fingerprint density at radius 3 is 2.43 bits per heavy atom. The Labute approximate surface area is 160 Å². The molecule has 136 valence electrons. The van der Waals surface area contributed by atoms with Crippen LogP contribution in [-0.2, 0) is 6.54 Å². The van der Waals surface area contributed by atoms with E-state index in [1.165, 1.54) is 6.07 Å². The fourth-order valence-electron chi connectivity index (χ4n) is 3.49. The van der Waals surface area contributed by atoms with Gasteiger partial charge < -0.3 is 9.67 Å². The second-order valence-electron chi connectivity index (χ2n) is 6.73. The summed E-state index contributed by atoms with van der Waals surface area (Å²) in [5, 5.41) is 12.0. The smallest absolute Gasteiger partial charge is 0.201 e. The largest absolute Gasteiger partial charge is 0.494 e. The molecule has 0 amide bonds. The Morgan fingerprint density at radius 1 is 0.857 bits per heavy atom. The zero-order valence-corrected chi connectivity index (χ0v) is 14.9. The van der Waals surface area contributed by atoms with Crippen molar-refractivity contribution in [1.29, 1.82) is 0 Å². The highest BCUT2D eigenvalue weighted by molar-refractivity contribution is 5.85. The molecule has 4 nitrogen and oxygen atoms in total. The van der Waals surface area contributed by atoms with Crippen LogP contribution in [0.2, 0.25) is 0 Å². The van der Waals surface area contributed by atoms with Crippen LogP contribution in [0.4, 0.5) is 4.39 Å². The molecule has 0 fully saturated rings. The molecule has 2 aromatic carbocycles. The third kappa shape index (κ3) is 2.77. The van der Waals surface area contributed by atoms with Crippen LogP contribution in [-0.4, -0.2) is 19.6 Å². The molecule has 0 radical (unpaired) electrons. The maximum atomic E-state index is 14.8. The number of benzene rings is 2. The molecule has 5 aromatic rings. The van der Waals surface area contributed by atoms with Crippen molar-refractivity contribution in [3.05, 3.63) is 90.6 Å². The first-order valence-electron chi connectivity index (χ1n) is 8.95. The highest BCUT2D eigenvalue weighted by atomic mass is 19.1. The van der Waals surface area contributed by atoms with Crippen LogP contribution in [0, 0.1) is 5.82 Å². The van der Waals surface area contributed by atoms with Crippen molar-refractivity contribution >= 4 is 21.8 Å². The van der Waals surface area contributed by atoms with E-state index in [0.717, 1.165) is 22.0 Å². The molecule has 0 aliphatic heterocycles. The summed E-state index contributed by atoms with van der Waals surface area (Å²) in [6.45, 7) is 0.232. The fraction of sp³-hybridized carbons (Fsp3) is 0.0435. The quantitative estimate of drug-likeness (QED) is 0.479. The molecule has 0 spiro atoms. The average molecular weight is 369 g/mol. The molecule has 3 heterocycles. The van der Waals surface area contributed by atoms with Gasteiger partial charge in [-0.3, -0.25) is 9.97 Å². The Hall–Kier alpha value is -3.73. The molecular formula is C23H16FN3O. The summed E-state index contributed by atoms with van der Waals surface area (Å²) in [6, 6.07) is 18.5. The van der Waals surface area contributed by atoms with Crippen LogP contribution in [0.25, 0.3) is 32.9 Å². The van der Waals surface area contributed by atoms with Crippen molar-refractivity contribution in [2.45, 2.75) is 6.54 Å². The van der Waals surface area contributed by atoms with Gasteiger partial charge in [0, 0.05) is 29.5 Å². The Bertz CT molecular complexity index is 1330. The topological polar surface area (TPSA) is 50.9 Å². The van der Waals surface area contributed by atoms with Crippen LogP contribution < -0.4 is 0 Å². The van der Waals surface area contributed by atoms with Crippen LogP contribution in [0.15, 0.2) is 79.3 Å². The third-order valence-electron chi connectivity index (χ3n) is 4.96. The monoisotopic (exact) mass is 369 g/mol. The van der Waals surface area contributed by atoms with E-state index in [-0.39, 0.29) is 18.2 Å². The number of fused-ring (bicyclic) bond motifs is 2. The number of aromatic hydroxyl groups is 1. The van der Waals surface area contributed by atoms with Crippen LogP contribution in [0.3, 0.4) is 0 Å². The molecular weight excluding hydrogens is 353 g/mol. The maximum Gasteiger partial charge on any atom is 0.201 e. The van der Waals surface area contributed by atoms with E-state index in [2.05, 4.69) is 9.97 Å². The van der Waals surface area contributed by atoms with Crippen molar-refractivity contribution in [2.75, 3.05) is 0 Å². The summed E-state index contributed by atoms with van der Waals surface area (Å²) in [6.07, 6.45) is 5.15. The molecule has 1 N–H and O–H groups in total. The lowest BCUT2D eigenvalue weighted by Gasteiger charge is -2.09. The van der Waals surface area contributed by atoms with Crippen LogP contribution >= 0.6 is 0 Å². The van der Waals surface area contributed by atoms with Gasteiger partial charge in [0.1, 0.15) is 5.82 Å². The molecule has 0 atom stereocenters. The molecule has 3 aromatic heterocycles. The molecule has 0 unspecified atom stereocenters. The van der Waals surface area contributed by atoms with Crippen LogP contribution in [0.1, 0.15) is 5.56 Å². The lowest BCUT2D eigenvalue weighted by molar-refractivity contribution is 0.428. The van der Waals surface area contributed by atoms with E-state index >= 15 is 0 Å². The van der Waals surface area contributed by atoms with Crippen molar-refractivity contribution in [1.82, 2.24) is 14.5 Å². The van der Waals surface area contributed by atoms with E-state index in [0.29, 0.717) is 16.5 Å². The standard InChI is InChI=1S/C23H16FN3O/c24-20-12-16(15-7-8-21-17(11-15)3-1-9-25-21)5-6-18(20)13-27-14-22-19(23(27)28)4-2-10-26-22/h1-12,14,28H,13H2. The third-order valence-corrected chi connectivity index (χ3v) is 4.96. The number of pyridine rings is 2. The first kappa shape index (κ1) is 16.4. The second-order valence-corrected chi connectivity index (χ2v) is 6.73. The normalized spacial score (nSPS) is 11.3. The molecule has 0 aliphatic rings. The van der Waals surface area contributed by atoms with E-state index in [1.54, 1.807) is 41.4 Å². The summed E-state index contributed by atoms with van der Waals surface area (Å²) in [5.74, 6) is -0.220. The molecule has 5 heteroatoms. The van der Waals surface area contributed by atoms with E-state index in [4.69, 9.17) is 0 Å². The number of hydrogen-bond donors (Lipinski definition) is 1. The summed E-state index contributed by atoms with van der Waals surface area (Å²) in [5.41, 5.74) is 3.83. The Morgan fingerprint density at radius 2 is 1.61 bits per heavy atom. The minimum absolute atomic E-state index is 0.0913. The van der Waals surface area contributed by atoms with Gasteiger partial charge in [-0.05, 0) is 47.5 Å². The number of hydrogen-bond acceptors (Lipinski definition) is 3. The van der Waals surface area contributed by atoms with Gasteiger partial charge in [-0.2, -0.15) is 0 Å². The summed E-state index contributed by atoms with van der Waals surface area (Å²) in [4.78, 5) is 8.54. The number of rotatable bonds is 3. The van der Waals surface area contributed by atoms with Gasteiger partial charge in [0.2, 0.25) is 5.88 Å². The first-order valence-corrected chi connectivity index (χ1v) is 8.95. The zero-order chi connectivity index (χ0) is 19.1. The maximum absolute atomic E-state index is 14.8. The molecule has 28 heavy (non-hydrogen) atoms. The average Bonchev–Trinajstić information content (AvgIpc) is 3.05. The van der Waals surface area contributed by atoms with Crippen molar-refractivity contribution in [3.8, 4) is 17.0 Å². The molecule has 0 bridgehead atoms. The van der Waals surface area contributed by atoms with E-state index in [9.17, 15) is 9.50 Å². The Kier molecular flexibility index (Phi) is 3.79. The van der Waals surface area contributed by atoms with Gasteiger partial charge in [-0.25, -0.2) is 4.39 Å². The second kappa shape index (κ2) is 6.46. The van der Waals surface area contributed by atoms with Gasteiger partial charge >= 0.3 is 0 Å². The Balaban J connectivity index is 1.49. The predicted octanol–water partition coefficient (Wildman–Crippen LogP) is 5.14. The molecule has 0 saturated heterocycles. The highest BCUT2D eigenvalue weighted by Gasteiger charge is 2.12. The lowest BCUT2D eigenvalue weighted by Crippen LogP contribution is -2.00. The molecule has 0 saturated carbocycles. The summed E-state index contributed by atoms with van der Waals surface area (Å²) in [7, 11) is 0. The van der Waals surface area contributed by atoms with E-state index in [1.807, 2.05) is 36.4 Å². The zero-order valence-electron chi connectivity index (χ0n) is 14.9. The number of nitrogens with zero attached hydrogens (tertiary/aromatic N) is 3. The van der Waals surface area contributed by atoms with E-state index < -0.39 is 0 Å². The number of aromatic nitrogens is 3. The minimum atomic E-state index is -0.311. The van der Waals surface area contributed by atoms with Crippen LogP contribution in [0.5, 0.6) is 5.88 Å². The summed E-state index contributed by atoms with van der Waals surface area (Å²) >= 11 is 0. The molecule has 0 aliphatic carbocycles.